The zero-order valence-electron chi connectivity index (χ0n) is 9.32. The first-order chi connectivity index (χ1) is 7.93. The second kappa shape index (κ2) is 3.69. The molecule has 2 rings (SSSR count). The molecule has 0 aliphatic rings. The molecular formula is C12H10FNO3. The number of carbonyl (C=O) groups is 1. The van der Waals surface area contributed by atoms with Crippen LogP contribution in [0.25, 0.3) is 10.9 Å². The molecule has 1 heterocycles. The predicted molar refractivity (Wildman–Crippen MR) is 60.8 cm³/mol. The standard InChI is InChI=1S/C12H10FNO3/c1-6-10(12(16)17)8-4-3-7(13)5-9(8)14(2)11(6)15/h3-5H,1-2H3,(H,16,17). The fraction of sp³-hybridized carbons (Fsp3) is 0.167. The summed E-state index contributed by atoms with van der Waals surface area (Å²) in [6.07, 6.45) is 0. The fourth-order valence-electron chi connectivity index (χ4n) is 1.94. The van der Waals surface area contributed by atoms with Gasteiger partial charge in [0.25, 0.3) is 5.56 Å². The minimum absolute atomic E-state index is 0.0666. The second-order valence-electron chi connectivity index (χ2n) is 3.83. The zero-order chi connectivity index (χ0) is 12.7. The number of rotatable bonds is 1. The van der Waals surface area contributed by atoms with E-state index in [-0.39, 0.29) is 16.6 Å². The van der Waals surface area contributed by atoms with Crippen molar-refractivity contribution >= 4 is 16.9 Å². The molecule has 0 amide bonds. The van der Waals surface area contributed by atoms with E-state index < -0.39 is 17.3 Å². The first-order valence-corrected chi connectivity index (χ1v) is 4.95. The molecule has 88 valence electrons. The number of aromatic nitrogens is 1. The maximum absolute atomic E-state index is 13.1. The Kier molecular flexibility index (Phi) is 2.46. The lowest BCUT2D eigenvalue weighted by Gasteiger charge is -2.10. The minimum Gasteiger partial charge on any atom is -0.478 e. The van der Waals surface area contributed by atoms with Gasteiger partial charge >= 0.3 is 5.97 Å². The molecule has 1 aromatic heterocycles. The maximum Gasteiger partial charge on any atom is 0.336 e. The number of pyridine rings is 1. The Bertz CT molecular complexity index is 688. The summed E-state index contributed by atoms with van der Waals surface area (Å²) in [7, 11) is 1.49. The summed E-state index contributed by atoms with van der Waals surface area (Å²) in [5.74, 6) is -1.69. The van der Waals surface area contributed by atoms with E-state index in [4.69, 9.17) is 5.11 Å². The van der Waals surface area contributed by atoms with E-state index in [0.29, 0.717) is 5.39 Å². The molecule has 4 nitrogen and oxygen atoms in total. The maximum atomic E-state index is 13.1. The highest BCUT2D eigenvalue weighted by Gasteiger charge is 2.17. The molecule has 0 aliphatic carbocycles. The monoisotopic (exact) mass is 235 g/mol. The molecule has 0 saturated heterocycles. The van der Waals surface area contributed by atoms with Crippen LogP contribution in [0.4, 0.5) is 4.39 Å². The molecule has 0 atom stereocenters. The second-order valence-corrected chi connectivity index (χ2v) is 3.83. The van der Waals surface area contributed by atoms with Crippen LogP contribution < -0.4 is 5.56 Å². The van der Waals surface area contributed by atoms with E-state index in [0.717, 1.165) is 6.07 Å². The van der Waals surface area contributed by atoms with E-state index >= 15 is 0 Å². The van der Waals surface area contributed by atoms with Gasteiger partial charge in [-0.1, -0.05) is 0 Å². The van der Waals surface area contributed by atoms with Gasteiger partial charge in [-0.2, -0.15) is 0 Å². The van der Waals surface area contributed by atoms with Crippen molar-refractivity contribution in [1.29, 1.82) is 0 Å². The van der Waals surface area contributed by atoms with E-state index in [9.17, 15) is 14.0 Å². The van der Waals surface area contributed by atoms with Crippen LogP contribution in [-0.2, 0) is 7.05 Å². The lowest BCUT2D eigenvalue weighted by atomic mass is 10.0. The van der Waals surface area contributed by atoms with Crippen LogP contribution in [0.1, 0.15) is 15.9 Å². The number of aryl methyl sites for hydroxylation is 1. The Balaban J connectivity index is 3.09. The normalized spacial score (nSPS) is 10.8. The van der Waals surface area contributed by atoms with Crippen LogP contribution >= 0.6 is 0 Å². The Labute approximate surface area is 95.9 Å². The van der Waals surface area contributed by atoms with Crippen molar-refractivity contribution in [3.63, 3.8) is 0 Å². The zero-order valence-corrected chi connectivity index (χ0v) is 9.32. The first-order valence-electron chi connectivity index (χ1n) is 4.95. The van der Waals surface area contributed by atoms with Gasteiger partial charge in [0, 0.05) is 18.0 Å². The average molecular weight is 235 g/mol. The van der Waals surface area contributed by atoms with Crippen molar-refractivity contribution in [1.82, 2.24) is 4.57 Å². The fourth-order valence-corrected chi connectivity index (χ4v) is 1.94. The molecule has 1 aromatic carbocycles. The number of benzene rings is 1. The predicted octanol–water partition coefficient (Wildman–Crippen LogP) is 1.68. The Morgan fingerprint density at radius 1 is 1.41 bits per heavy atom. The third-order valence-electron chi connectivity index (χ3n) is 2.80. The van der Waals surface area contributed by atoms with Crippen LogP contribution in [0.2, 0.25) is 0 Å². The van der Waals surface area contributed by atoms with Crippen LogP contribution in [0, 0.1) is 12.7 Å². The third kappa shape index (κ3) is 1.60. The molecule has 17 heavy (non-hydrogen) atoms. The van der Waals surface area contributed by atoms with Gasteiger partial charge in [-0.15, -0.1) is 0 Å². The summed E-state index contributed by atoms with van der Waals surface area (Å²) in [6, 6.07) is 3.71. The molecule has 0 radical (unpaired) electrons. The van der Waals surface area contributed by atoms with Crippen molar-refractivity contribution < 1.29 is 14.3 Å². The number of carboxylic acids is 1. The summed E-state index contributed by atoms with van der Waals surface area (Å²) in [5.41, 5.74) is -0.0688. The van der Waals surface area contributed by atoms with Gasteiger partial charge in [-0.25, -0.2) is 9.18 Å². The van der Waals surface area contributed by atoms with Crippen molar-refractivity contribution in [2.75, 3.05) is 0 Å². The van der Waals surface area contributed by atoms with E-state index in [1.54, 1.807) is 0 Å². The number of fused-ring (bicyclic) bond motifs is 1. The van der Waals surface area contributed by atoms with Gasteiger partial charge in [0.1, 0.15) is 5.82 Å². The highest BCUT2D eigenvalue weighted by molar-refractivity contribution is 6.03. The van der Waals surface area contributed by atoms with Crippen LogP contribution in [-0.4, -0.2) is 15.6 Å². The quantitative estimate of drug-likeness (QED) is 0.818. The highest BCUT2D eigenvalue weighted by Crippen LogP contribution is 2.20. The number of halogens is 1. The van der Waals surface area contributed by atoms with Crippen molar-refractivity contribution in [3.05, 3.63) is 45.5 Å². The highest BCUT2D eigenvalue weighted by atomic mass is 19.1. The Morgan fingerprint density at radius 2 is 2.06 bits per heavy atom. The summed E-state index contributed by atoms with van der Waals surface area (Å²) in [4.78, 5) is 22.9. The summed E-state index contributed by atoms with van der Waals surface area (Å²) < 4.78 is 14.4. The molecule has 0 spiro atoms. The third-order valence-corrected chi connectivity index (χ3v) is 2.80. The molecule has 0 unspecified atom stereocenters. The van der Waals surface area contributed by atoms with Gasteiger partial charge < -0.3 is 9.67 Å². The first kappa shape index (κ1) is 11.3. The topological polar surface area (TPSA) is 59.3 Å². The summed E-state index contributed by atoms with van der Waals surface area (Å²) in [5, 5.41) is 9.47. The number of nitrogens with zero attached hydrogens (tertiary/aromatic N) is 1. The van der Waals surface area contributed by atoms with Crippen LogP contribution in [0.3, 0.4) is 0 Å². The molecule has 0 bridgehead atoms. The van der Waals surface area contributed by atoms with Crippen molar-refractivity contribution in [2.45, 2.75) is 6.92 Å². The van der Waals surface area contributed by atoms with Gasteiger partial charge in [-0.3, -0.25) is 4.79 Å². The number of aromatic carboxylic acids is 1. The van der Waals surface area contributed by atoms with Gasteiger partial charge in [-0.05, 0) is 25.1 Å². The summed E-state index contributed by atoms with van der Waals surface area (Å²) in [6.45, 7) is 1.45. The van der Waals surface area contributed by atoms with E-state index in [1.807, 2.05) is 0 Å². The largest absolute Gasteiger partial charge is 0.478 e. The van der Waals surface area contributed by atoms with Gasteiger partial charge in [0.15, 0.2) is 0 Å². The molecule has 0 aliphatic heterocycles. The Hall–Kier alpha value is -2.17. The SMILES string of the molecule is Cc1c(C(=O)O)c2ccc(F)cc2n(C)c1=O. The van der Waals surface area contributed by atoms with Crippen LogP contribution in [0.15, 0.2) is 23.0 Å². The smallest absolute Gasteiger partial charge is 0.336 e. The molecular weight excluding hydrogens is 225 g/mol. The molecule has 0 saturated carbocycles. The molecule has 1 N–H and O–H groups in total. The lowest BCUT2D eigenvalue weighted by Crippen LogP contribution is -2.23. The van der Waals surface area contributed by atoms with Crippen LogP contribution in [0.5, 0.6) is 0 Å². The molecule has 2 aromatic rings. The van der Waals surface area contributed by atoms with Gasteiger partial charge in [0.2, 0.25) is 0 Å². The van der Waals surface area contributed by atoms with Crippen molar-refractivity contribution in [2.24, 2.45) is 7.05 Å². The number of carboxylic acid groups (broad SMARTS) is 1. The van der Waals surface area contributed by atoms with E-state index in [1.165, 1.54) is 30.7 Å². The molecule has 0 fully saturated rings. The Morgan fingerprint density at radius 3 is 2.65 bits per heavy atom. The molecule has 5 heteroatoms. The minimum atomic E-state index is -1.18. The summed E-state index contributed by atoms with van der Waals surface area (Å²) >= 11 is 0. The van der Waals surface area contributed by atoms with Gasteiger partial charge in [0.05, 0.1) is 11.1 Å². The van der Waals surface area contributed by atoms with E-state index in [2.05, 4.69) is 0 Å². The van der Waals surface area contributed by atoms with Crippen molar-refractivity contribution in [3.8, 4) is 0 Å². The lowest BCUT2D eigenvalue weighted by molar-refractivity contribution is 0.0698. The average Bonchev–Trinajstić information content (AvgIpc) is 2.27. The number of hydrogen-bond acceptors (Lipinski definition) is 2. The number of hydrogen-bond donors (Lipinski definition) is 1.